The molecule has 1 aliphatic rings. The molecule has 0 atom stereocenters. The molecule has 0 spiro atoms. The molecule has 3 aromatic heterocycles. The average Bonchev–Trinajstić information content (AvgIpc) is 3.30. The Labute approximate surface area is 180 Å². The minimum atomic E-state index is -0.604. The normalized spacial score (nSPS) is 12.4. The van der Waals surface area contributed by atoms with Gasteiger partial charge < -0.3 is 9.30 Å². The van der Waals surface area contributed by atoms with Gasteiger partial charge in [-0.05, 0) is 20.8 Å². The molecule has 0 amide bonds. The molecule has 32 heavy (non-hydrogen) atoms. The Morgan fingerprint density at radius 1 is 1.06 bits per heavy atom. The number of rotatable bonds is 2. The number of H-pyrrole nitrogens is 2. The topological polar surface area (TPSA) is 166 Å². The molecule has 0 fully saturated rings. The number of carbonyl (C=O) groups excluding carboxylic acids is 1. The van der Waals surface area contributed by atoms with Crippen molar-refractivity contribution in [2.24, 2.45) is 19.1 Å². The second-order valence-electron chi connectivity index (χ2n) is 8.09. The number of nitrogens with one attached hydrogen (secondary N) is 2. The van der Waals surface area contributed by atoms with Gasteiger partial charge in [0.15, 0.2) is 11.2 Å². The van der Waals surface area contributed by atoms with Crippen molar-refractivity contribution in [1.82, 2.24) is 28.7 Å². The first-order valence-corrected chi connectivity index (χ1v) is 9.59. The SMILES string of the molecule is Cn1c(=O)[nH]c2c(c1=O)CC=N2.Cn1c(=O)[nH]c2ncn(CC(=O)OC(C)(C)C)c2c1=O. The third-order valence-corrected chi connectivity index (χ3v) is 4.49. The monoisotopic (exact) mass is 445 g/mol. The first kappa shape index (κ1) is 22.7. The summed E-state index contributed by atoms with van der Waals surface area (Å²) in [5.41, 5.74) is -1.46. The quantitative estimate of drug-likeness (QED) is 0.482. The van der Waals surface area contributed by atoms with Crippen LogP contribution in [0.1, 0.15) is 26.3 Å². The van der Waals surface area contributed by atoms with E-state index in [1.54, 1.807) is 27.0 Å². The summed E-state index contributed by atoms with van der Waals surface area (Å²) in [5, 5.41) is 0. The van der Waals surface area contributed by atoms with E-state index < -0.39 is 28.5 Å². The molecule has 0 radical (unpaired) electrons. The number of hydrogen-bond acceptors (Lipinski definition) is 8. The summed E-state index contributed by atoms with van der Waals surface area (Å²) in [6, 6.07) is 0. The summed E-state index contributed by atoms with van der Waals surface area (Å²) in [6.07, 6.45) is 3.45. The Balaban J connectivity index is 0.000000204. The highest BCUT2D eigenvalue weighted by Crippen LogP contribution is 2.14. The Morgan fingerprint density at radius 3 is 2.34 bits per heavy atom. The van der Waals surface area contributed by atoms with Gasteiger partial charge in [0.2, 0.25) is 0 Å². The number of aliphatic imine (C=N–C) groups is 1. The molecule has 4 rings (SSSR count). The van der Waals surface area contributed by atoms with Crippen molar-refractivity contribution in [3.05, 3.63) is 53.6 Å². The maximum absolute atomic E-state index is 12.0. The van der Waals surface area contributed by atoms with Gasteiger partial charge in [-0.2, -0.15) is 0 Å². The van der Waals surface area contributed by atoms with Crippen LogP contribution in [0.2, 0.25) is 0 Å². The highest BCUT2D eigenvalue weighted by molar-refractivity contribution is 5.75. The van der Waals surface area contributed by atoms with Gasteiger partial charge in [0.05, 0.1) is 11.9 Å². The van der Waals surface area contributed by atoms with Crippen LogP contribution in [0.5, 0.6) is 0 Å². The molecule has 13 nitrogen and oxygen atoms in total. The van der Waals surface area contributed by atoms with Crippen LogP contribution in [0.4, 0.5) is 5.82 Å². The largest absolute Gasteiger partial charge is 0.459 e. The van der Waals surface area contributed by atoms with Crippen molar-refractivity contribution in [2.75, 3.05) is 0 Å². The lowest BCUT2D eigenvalue weighted by atomic mass is 10.2. The molecule has 170 valence electrons. The number of nitrogens with zero attached hydrogens (tertiary/aromatic N) is 5. The van der Waals surface area contributed by atoms with Crippen LogP contribution in [-0.4, -0.2) is 46.4 Å². The molecule has 0 unspecified atom stereocenters. The van der Waals surface area contributed by atoms with Crippen LogP contribution in [-0.2, 0) is 36.6 Å². The summed E-state index contributed by atoms with van der Waals surface area (Å²) in [5.74, 6) is -0.0758. The molecule has 0 aliphatic carbocycles. The van der Waals surface area contributed by atoms with Gasteiger partial charge in [-0.1, -0.05) is 0 Å². The Bertz CT molecular complexity index is 1460. The first-order chi connectivity index (χ1) is 14.9. The molecular weight excluding hydrogens is 422 g/mol. The standard InChI is InChI=1S/C12H16N4O4.C7H7N3O2/c1-12(2,3)20-7(17)5-16-6-13-9-8(16)10(18)15(4)11(19)14-9;1-10-6(11)4-2-3-8-5(4)9-7(10)12/h6H,5H2,1-4H3,(H,14,19);3H,2H2,1H3,(H,9,12). The van der Waals surface area contributed by atoms with Gasteiger partial charge in [0, 0.05) is 26.7 Å². The molecule has 0 saturated heterocycles. The van der Waals surface area contributed by atoms with Crippen molar-refractivity contribution in [2.45, 2.75) is 39.3 Å². The molecule has 0 aromatic carbocycles. The van der Waals surface area contributed by atoms with Crippen molar-refractivity contribution in [1.29, 1.82) is 0 Å². The number of fused-ring (bicyclic) bond motifs is 2. The van der Waals surface area contributed by atoms with Crippen molar-refractivity contribution < 1.29 is 9.53 Å². The number of imidazole rings is 1. The van der Waals surface area contributed by atoms with E-state index in [-0.39, 0.29) is 23.3 Å². The Kier molecular flexibility index (Phi) is 5.84. The molecule has 0 saturated carbocycles. The van der Waals surface area contributed by atoms with Crippen LogP contribution in [0.15, 0.2) is 30.5 Å². The molecule has 4 heterocycles. The van der Waals surface area contributed by atoms with Gasteiger partial charge in [0.1, 0.15) is 18.0 Å². The number of esters is 1. The highest BCUT2D eigenvalue weighted by Gasteiger charge is 2.19. The van der Waals surface area contributed by atoms with E-state index in [2.05, 4.69) is 19.9 Å². The third-order valence-electron chi connectivity index (χ3n) is 4.49. The molecule has 1 aliphatic heterocycles. The van der Waals surface area contributed by atoms with Crippen molar-refractivity contribution in [3.8, 4) is 0 Å². The summed E-state index contributed by atoms with van der Waals surface area (Å²) in [6.45, 7) is 5.13. The van der Waals surface area contributed by atoms with Crippen LogP contribution < -0.4 is 22.5 Å². The molecule has 0 bridgehead atoms. The van der Waals surface area contributed by atoms with E-state index in [1.807, 2.05) is 0 Å². The highest BCUT2D eigenvalue weighted by atomic mass is 16.6. The lowest BCUT2D eigenvalue weighted by Crippen LogP contribution is -2.34. The smallest absolute Gasteiger partial charge is 0.329 e. The van der Waals surface area contributed by atoms with Gasteiger partial charge in [-0.15, -0.1) is 0 Å². The van der Waals surface area contributed by atoms with Gasteiger partial charge in [0.25, 0.3) is 11.1 Å². The predicted octanol–water partition coefficient (Wildman–Crippen LogP) is -0.903. The zero-order valence-electron chi connectivity index (χ0n) is 18.3. The lowest BCUT2D eigenvalue weighted by Gasteiger charge is -2.19. The fraction of sp³-hybridized carbons (Fsp3) is 0.421. The van der Waals surface area contributed by atoms with Crippen molar-refractivity contribution in [3.63, 3.8) is 0 Å². The number of ether oxygens (including phenoxy) is 1. The van der Waals surface area contributed by atoms with Gasteiger partial charge in [-0.25, -0.2) is 19.6 Å². The number of aromatic amines is 2. The van der Waals surface area contributed by atoms with E-state index in [0.717, 1.165) is 9.13 Å². The zero-order chi connectivity index (χ0) is 23.8. The van der Waals surface area contributed by atoms with E-state index in [9.17, 15) is 24.0 Å². The minimum absolute atomic E-state index is 0.144. The van der Waals surface area contributed by atoms with E-state index in [1.165, 1.54) is 25.0 Å². The third kappa shape index (κ3) is 4.50. The molecule has 2 N–H and O–H groups in total. The summed E-state index contributed by atoms with van der Waals surface area (Å²) in [7, 11) is 2.80. The lowest BCUT2D eigenvalue weighted by molar-refractivity contribution is -0.155. The van der Waals surface area contributed by atoms with Crippen LogP contribution in [0.3, 0.4) is 0 Å². The Morgan fingerprint density at radius 2 is 1.69 bits per heavy atom. The predicted molar refractivity (Wildman–Crippen MR) is 116 cm³/mol. The van der Waals surface area contributed by atoms with E-state index in [4.69, 9.17) is 4.74 Å². The molecule has 13 heteroatoms. The van der Waals surface area contributed by atoms with Crippen molar-refractivity contribution >= 4 is 29.2 Å². The van der Waals surface area contributed by atoms with E-state index in [0.29, 0.717) is 17.8 Å². The second-order valence-corrected chi connectivity index (χ2v) is 8.09. The van der Waals surface area contributed by atoms with E-state index >= 15 is 0 Å². The number of carbonyl (C=O) groups is 1. The summed E-state index contributed by atoms with van der Waals surface area (Å²) in [4.78, 5) is 70.4. The summed E-state index contributed by atoms with van der Waals surface area (Å²) < 4.78 is 8.52. The van der Waals surface area contributed by atoms with Crippen LogP contribution >= 0.6 is 0 Å². The van der Waals surface area contributed by atoms with Gasteiger partial charge in [-0.3, -0.25) is 33.5 Å². The minimum Gasteiger partial charge on any atom is -0.459 e. The zero-order valence-corrected chi connectivity index (χ0v) is 18.3. The fourth-order valence-electron chi connectivity index (χ4n) is 2.95. The average molecular weight is 445 g/mol. The maximum atomic E-state index is 12.0. The number of aromatic nitrogens is 6. The maximum Gasteiger partial charge on any atom is 0.329 e. The summed E-state index contributed by atoms with van der Waals surface area (Å²) >= 11 is 0. The first-order valence-electron chi connectivity index (χ1n) is 9.59. The fourth-order valence-corrected chi connectivity index (χ4v) is 2.95. The van der Waals surface area contributed by atoms with Crippen LogP contribution in [0.25, 0.3) is 11.2 Å². The van der Waals surface area contributed by atoms with Crippen LogP contribution in [0, 0.1) is 0 Å². The van der Waals surface area contributed by atoms with Gasteiger partial charge >= 0.3 is 17.3 Å². The number of hydrogen-bond donors (Lipinski definition) is 2. The molecule has 3 aromatic rings. The Hall–Kier alpha value is -4.03. The second kappa shape index (κ2) is 8.24. The molecular formula is C19H23N7O6.